The van der Waals surface area contributed by atoms with E-state index in [-0.39, 0.29) is 17.9 Å². The largest absolute Gasteiger partial charge is 0.493 e. The molecule has 0 unspecified atom stereocenters. The highest BCUT2D eigenvalue weighted by Gasteiger charge is 2.34. The number of morpholine rings is 1. The molecule has 0 aromatic heterocycles. The molecule has 2 fully saturated rings. The van der Waals surface area contributed by atoms with Gasteiger partial charge in [0, 0.05) is 35.7 Å². The van der Waals surface area contributed by atoms with Gasteiger partial charge in [0.25, 0.3) is 5.91 Å². The van der Waals surface area contributed by atoms with Gasteiger partial charge in [0.1, 0.15) is 0 Å². The lowest BCUT2D eigenvalue weighted by atomic mass is 9.75. The van der Waals surface area contributed by atoms with Gasteiger partial charge in [-0.2, -0.15) is 0 Å². The van der Waals surface area contributed by atoms with E-state index in [4.69, 9.17) is 24.6 Å². The van der Waals surface area contributed by atoms with Crippen molar-refractivity contribution >= 4 is 17.6 Å². The number of hydrogen-bond acceptors (Lipinski definition) is 6. The normalized spacial score (nSPS) is 21.3. The molecule has 2 heterocycles. The monoisotopic (exact) mass is 476 g/mol. The molecule has 1 saturated carbocycles. The minimum Gasteiger partial charge on any atom is -0.493 e. The predicted molar refractivity (Wildman–Crippen MR) is 134 cm³/mol. The molecule has 2 aromatic carbocycles. The number of hydrogen-bond donors (Lipinski definition) is 2. The van der Waals surface area contributed by atoms with Crippen molar-refractivity contribution in [3.05, 3.63) is 58.7 Å². The molecule has 1 saturated heterocycles. The van der Waals surface area contributed by atoms with Crippen LogP contribution in [0.5, 0.6) is 11.5 Å². The van der Waals surface area contributed by atoms with Crippen molar-refractivity contribution in [3.63, 3.8) is 0 Å². The third-order valence-electron chi connectivity index (χ3n) is 7.21. The predicted octanol–water partition coefficient (Wildman–Crippen LogP) is 3.58. The average molecular weight is 477 g/mol. The van der Waals surface area contributed by atoms with Gasteiger partial charge >= 0.3 is 0 Å². The van der Waals surface area contributed by atoms with E-state index in [9.17, 15) is 4.79 Å². The van der Waals surface area contributed by atoms with Gasteiger partial charge in [-0.1, -0.05) is 25.0 Å². The molecule has 2 atom stereocenters. The molecule has 2 aliphatic heterocycles. The van der Waals surface area contributed by atoms with E-state index in [1.54, 1.807) is 26.4 Å². The lowest BCUT2D eigenvalue weighted by molar-refractivity contribution is 0.0653. The number of benzene rings is 2. The zero-order chi connectivity index (χ0) is 24.4. The van der Waals surface area contributed by atoms with Crippen LogP contribution in [-0.2, 0) is 4.74 Å². The smallest absolute Gasteiger partial charge is 0.257 e. The number of carbonyl (C=O) groups is 1. The van der Waals surface area contributed by atoms with Crippen LogP contribution in [0.25, 0.3) is 0 Å². The molecule has 184 valence electrons. The Morgan fingerprint density at radius 1 is 1.06 bits per heavy atom. The van der Waals surface area contributed by atoms with Crippen molar-refractivity contribution in [1.82, 2.24) is 10.2 Å². The summed E-state index contributed by atoms with van der Waals surface area (Å²) in [6.07, 6.45) is 4.60. The summed E-state index contributed by atoms with van der Waals surface area (Å²) in [6, 6.07) is 11.9. The zero-order valence-corrected chi connectivity index (χ0v) is 20.3. The molecular formula is C27H32N4O4. The Bertz CT molecular complexity index is 1140. The molecule has 1 amide bonds. The number of methoxy groups -OCH3 is 2. The summed E-state index contributed by atoms with van der Waals surface area (Å²) in [7, 11) is 3.32. The van der Waals surface area contributed by atoms with Crippen molar-refractivity contribution in [3.8, 4) is 11.5 Å². The molecule has 8 nitrogen and oxygen atoms in total. The third-order valence-corrected chi connectivity index (χ3v) is 7.21. The molecule has 0 radical (unpaired) electrons. The Balaban J connectivity index is 1.42. The molecule has 1 aliphatic carbocycles. The van der Waals surface area contributed by atoms with Crippen molar-refractivity contribution < 1.29 is 19.0 Å². The first-order chi connectivity index (χ1) is 17.1. The second-order valence-corrected chi connectivity index (χ2v) is 9.21. The van der Waals surface area contributed by atoms with Gasteiger partial charge in [-0.15, -0.1) is 0 Å². The fraction of sp³-hybridized carbons (Fsp3) is 0.444. The summed E-state index contributed by atoms with van der Waals surface area (Å²) in [4.78, 5) is 19.8. The number of rotatable bonds is 4. The maximum Gasteiger partial charge on any atom is 0.257 e. The zero-order valence-electron chi connectivity index (χ0n) is 20.3. The maximum atomic E-state index is 12.8. The number of guanidine groups is 1. The van der Waals surface area contributed by atoms with E-state index in [2.05, 4.69) is 11.4 Å². The van der Waals surface area contributed by atoms with Crippen LogP contribution in [0.4, 0.5) is 0 Å². The van der Waals surface area contributed by atoms with Gasteiger partial charge in [0.2, 0.25) is 0 Å². The van der Waals surface area contributed by atoms with E-state index in [1.807, 2.05) is 23.1 Å². The molecule has 0 bridgehead atoms. The maximum absolute atomic E-state index is 12.8. The number of aliphatic imine (C=N–C) groups is 1. The number of nitrogens with one attached hydrogen (secondary N) is 2. The van der Waals surface area contributed by atoms with E-state index >= 15 is 0 Å². The Morgan fingerprint density at radius 3 is 2.46 bits per heavy atom. The Morgan fingerprint density at radius 2 is 1.74 bits per heavy atom. The first-order valence-corrected chi connectivity index (χ1v) is 12.3. The fourth-order valence-electron chi connectivity index (χ4n) is 5.33. The number of nitrogens with zero attached hydrogens (tertiary/aromatic N) is 2. The summed E-state index contributed by atoms with van der Waals surface area (Å²) in [5.74, 6) is 1.63. The van der Waals surface area contributed by atoms with Crippen LogP contribution < -0.4 is 14.8 Å². The molecule has 5 rings (SSSR count). The molecule has 0 spiro atoms. The van der Waals surface area contributed by atoms with Crippen molar-refractivity contribution in [2.75, 3.05) is 40.5 Å². The Kier molecular flexibility index (Phi) is 6.72. The summed E-state index contributed by atoms with van der Waals surface area (Å²) in [5, 5.41) is 10.9. The van der Waals surface area contributed by atoms with Crippen LogP contribution in [0.1, 0.15) is 58.6 Å². The molecule has 8 heteroatoms. The topological polar surface area (TPSA) is 96.2 Å². The Labute approximate surface area is 205 Å². The SMILES string of the molecule is COc1cc2c(cc1OC)[C@H]1CCCC[C@H]1N=C2c1ccc(C(=O)NC(=N)N2CCOCC2)cc1. The highest BCUT2D eigenvalue weighted by Crippen LogP contribution is 2.44. The standard InChI is InChI=1S/C27H32N4O4/c1-33-23-15-20-19-5-3-4-6-22(19)29-25(21(20)16-24(23)34-2)17-7-9-18(10-8-17)26(32)30-27(28)31-11-13-35-14-12-31/h7-10,15-16,19,22H,3-6,11-14H2,1-2H3,(H2,28,30,32)/t19-,22-/m1/s1. The number of ether oxygens (including phenoxy) is 3. The van der Waals surface area contributed by atoms with Crippen LogP contribution in [0.3, 0.4) is 0 Å². The highest BCUT2D eigenvalue weighted by atomic mass is 16.5. The van der Waals surface area contributed by atoms with E-state index in [0.29, 0.717) is 43.5 Å². The summed E-state index contributed by atoms with van der Waals surface area (Å²) < 4.78 is 16.5. The van der Waals surface area contributed by atoms with E-state index in [1.165, 1.54) is 18.4 Å². The van der Waals surface area contributed by atoms with Crippen LogP contribution in [0.15, 0.2) is 41.4 Å². The second-order valence-electron chi connectivity index (χ2n) is 9.21. The van der Waals surface area contributed by atoms with Crippen LogP contribution in [-0.4, -0.2) is 69.0 Å². The molecular weight excluding hydrogens is 444 g/mol. The third kappa shape index (κ3) is 4.62. The van der Waals surface area contributed by atoms with Crippen LogP contribution >= 0.6 is 0 Å². The molecule has 3 aliphatic rings. The van der Waals surface area contributed by atoms with E-state index < -0.39 is 0 Å². The first-order valence-electron chi connectivity index (χ1n) is 12.3. The van der Waals surface area contributed by atoms with Gasteiger partial charge in [0.15, 0.2) is 17.5 Å². The lowest BCUT2D eigenvalue weighted by Gasteiger charge is -2.35. The minimum absolute atomic E-state index is 0.109. The second kappa shape index (κ2) is 10.1. The fourth-order valence-corrected chi connectivity index (χ4v) is 5.33. The highest BCUT2D eigenvalue weighted by molar-refractivity contribution is 6.15. The number of amides is 1. The van der Waals surface area contributed by atoms with Gasteiger partial charge in [-0.05, 0) is 42.7 Å². The number of fused-ring (bicyclic) bond motifs is 3. The number of carbonyl (C=O) groups excluding carboxylic acids is 1. The van der Waals surface area contributed by atoms with Crippen molar-refractivity contribution in [2.24, 2.45) is 4.99 Å². The lowest BCUT2D eigenvalue weighted by Crippen LogP contribution is -2.48. The van der Waals surface area contributed by atoms with Crippen molar-refractivity contribution in [1.29, 1.82) is 5.41 Å². The van der Waals surface area contributed by atoms with Gasteiger partial charge in [0.05, 0.1) is 39.2 Å². The average Bonchev–Trinajstić information content (AvgIpc) is 2.92. The van der Waals surface area contributed by atoms with Gasteiger partial charge < -0.3 is 19.1 Å². The Hall–Kier alpha value is -3.39. The summed E-state index contributed by atoms with van der Waals surface area (Å²) in [6.45, 7) is 2.34. The van der Waals surface area contributed by atoms with Gasteiger partial charge in [-0.3, -0.25) is 20.5 Å². The van der Waals surface area contributed by atoms with Gasteiger partial charge in [-0.25, -0.2) is 0 Å². The van der Waals surface area contributed by atoms with Crippen LogP contribution in [0.2, 0.25) is 0 Å². The molecule has 2 N–H and O–H groups in total. The quantitative estimate of drug-likeness (QED) is 0.520. The summed E-state index contributed by atoms with van der Waals surface area (Å²) in [5.41, 5.74) is 4.72. The molecule has 35 heavy (non-hydrogen) atoms. The molecule has 2 aromatic rings. The summed E-state index contributed by atoms with van der Waals surface area (Å²) >= 11 is 0. The van der Waals surface area contributed by atoms with Crippen LogP contribution in [0, 0.1) is 5.41 Å². The van der Waals surface area contributed by atoms with E-state index in [0.717, 1.165) is 35.4 Å². The van der Waals surface area contributed by atoms with Crippen molar-refractivity contribution in [2.45, 2.75) is 37.6 Å². The first kappa shape index (κ1) is 23.4. The minimum atomic E-state index is -0.294.